The zero-order chi connectivity index (χ0) is 13.0. The first-order chi connectivity index (χ1) is 8.69. The van der Waals surface area contributed by atoms with Gasteiger partial charge >= 0.3 is 0 Å². The lowest BCUT2D eigenvalue weighted by atomic mass is 10.2. The molecule has 0 fully saturated rings. The Morgan fingerprint density at radius 3 is 2.56 bits per heavy atom. The zero-order valence-electron chi connectivity index (χ0n) is 10.4. The van der Waals surface area contributed by atoms with Crippen LogP contribution in [0.2, 0.25) is 5.02 Å². The maximum absolute atomic E-state index is 6.04. The van der Waals surface area contributed by atoms with Gasteiger partial charge in [-0.25, -0.2) is 4.98 Å². The van der Waals surface area contributed by atoms with Gasteiger partial charge in [0.2, 0.25) is 5.88 Å². The largest absolute Gasteiger partial charge is 0.439 e. The Labute approximate surface area is 112 Å². The number of hydrogen-bond acceptors (Lipinski definition) is 3. The lowest BCUT2D eigenvalue weighted by molar-refractivity contribution is 0.460. The smallest absolute Gasteiger partial charge is 0.219 e. The van der Waals surface area contributed by atoms with E-state index in [1.807, 2.05) is 38.2 Å². The highest BCUT2D eigenvalue weighted by molar-refractivity contribution is 6.31. The molecule has 0 radical (unpaired) electrons. The first-order valence-electron chi connectivity index (χ1n) is 5.73. The van der Waals surface area contributed by atoms with E-state index < -0.39 is 0 Å². The average Bonchev–Trinajstić information content (AvgIpc) is 2.37. The Morgan fingerprint density at radius 1 is 1.17 bits per heavy atom. The molecular formula is C14H15ClN2O. The molecule has 0 atom stereocenters. The third-order valence-electron chi connectivity index (χ3n) is 2.48. The van der Waals surface area contributed by atoms with Gasteiger partial charge in [0.1, 0.15) is 5.75 Å². The zero-order valence-corrected chi connectivity index (χ0v) is 11.2. The number of nitrogens with zero attached hydrogens (tertiary/aromatic N) is 1. The van der Waals surface area contributed by atoms with Crippen LogP contribution in [0.5, 0.6) is 11.6 Å². The summed E-state index contributed by atoms with van der Waals surface area (Å²) in [5, 5.41) is 3.66. The van der Waals surface area contributed by atoms with Crippen molar-refractivity contribution in [2.75, 3.05) is 7.05 Å². The first kappa shape index (κ1) is 12.9. The second-order valence-corrected chi connectivity index (χ2v) is 4.43. The molecule has 2 rings (SSSR count). The second kappa shape index (κ2) is 5.85. The number of aryl methyl sites for hydroxylation is 1. The molecular weight excluding hydrogens is 248 g/mol. The van der Waals surface area contributed by atoms with E-state index in [0.29, 0.717) is 17.4 Å². The van der Waals surface area contributed by atoms with Crippen molar-refractivity contribution < 1.29 is 4.74 Å². The van der Waals surface area contributed by atoms with E-state index in [4.69, 9.17) is 16.3 Å². The number of nitrogens with one attached hydrogen (secondary N) is 1. The first-order valence-corrected chi connectivity index (χ1v) is 6.11. The molecule has 4 heteroatoms. The third-order valence-corrected chi connectivity index (χ3v) is 2.82. The van der Waals surface area contributed by atoms with Crippen LogP contribution in [0.15, 0.2) is 36.4 Å². The summed E-state index contributed by atoms with van der Waals surface area (Å²) in [5.74, 6) is 1.32. The monoisotopic (exact) mass is 262 g/mol. The van der Waals surface area contributed by atoms with E-state index in [2.05, 4.69) is 10.3 Å². The minimum absolute atomic E-state index is 0.550. The van der Waals surface area contributed by atoms with Crippen LogP contribution >= 0.6 is 11.6 Å². The summed E-state index contributed by atoms with van der Waals surface area (Å²) in [5.41, 5.74) is 1.98. The number of ether oxygens (including phenoxy) is 1. The van der Waals surface area contributed by atoms with Gasteiger partial charge in [0.05, 0.1) is 10.7 Å². The lowest BCUT2D eigenvalue weighted by Crippen LogP contribution is -2.07. The molecule has 1 N–H and O–H groups in total. The Balaban J connectivity index is 2.18. The summed E-state index contributed by atoms with van der Waals surface area (Å²) in [4.78, 5) is 4.36. The highest BCUT2D eigenvalue weighted by atomic mass is 35.5. The molecule has 94 valence electrons. The van der Waals surface area contributed by atoms with Crippen molar-refractivity contribution >= 4 is 11.6 Å². The van der Waals surface area contributed by atoms with Crippen molar-refractivity contribution in [2.24, 2.45) is 0 Å². The normalized spacial score (nSPS) is 10.4. The molecule has 2 aromatic rings. The van der Waals surface area contributed by atoms with Gasteiger partial charge in [-0.15, -0.1) is 0 Å². The maximum atomic E-state index is 6.04. The van der Waals surface area contributed by atoms with Crippen LogP contribution in [0.3, 0.4) is 0 Å². The van der Waals surface area contributed by atoms with E-state index in [0.717, 1.165) is 11.4 Å². The predicted molar refractivity (Wildman–Crippen MR) is 73.3 cm³/mol. The summed E-state index contributed by atoms with van der Waals surface area (Å²) >= 11 is 6.04. The van der Waals surface area contributed by atoms with E-state index in [1.165, 1.54) is 5.56 Å². The summed E-state index contributed by atoms with van der Waals surface area (Å²) in [6.45, 7) is 2.65. The molecule has 0 amide bonds. The van der Waals surface area contributed by atoms with Gasteiger partial charge in [-0.05, 0) is 32.2 Å². The Morgan fingerprint density at radius 2 is 1.89 bits per heavy atom. The van der Waals surface area contributed by atoms with Crippen molar-refractivity contribution in [1.29, 1.82) is 0 Å². The van der Waals surface area contributed by atoms with Gasteiger partial charge in [-0.2, -0.15) is 0 Å². The lowest BCUT2D eigenvalue weighted by Gasteiger charge is -2.08. The van der Waals surface area contributed by atoms with Gasteiger partial charge in [-0.3, -0.25) is 0 Å². The number of benzene rings is 1. The standard InChI is InChI=1S/C14H15ClN2O/c1-10-3-5-11(6-4-10)18-14-8-7-12(15)13(17-14)9-16-2/h3-8,16H,9H2,1-2H3. The SMILES string of the molecule is CNCc1nc(Oc2ccc(C)cc2)ccc1Cl. The highest BCUT2D eigenvalue weighted by Crippen LogP contribution is 2.23. The van der Waals surface area contributed by atoms with E-state index >= 15 is 0 Å². The fraction of sp³-hybridized carbons (Fsp3) is 0.214. The van der Waals surface area contributed by atoms with E-state index in [9.17, 15) is 0 Å². The van der Waals surface area contributed by atoms with E-state index in [-0.39, 0.29) is 0 Å². The van der Waals surface area contributed by atoms with Crippen molar-refractivity contribution in [1.82, 2.24) is 10.3 Å². The number of pyridine rings is 1. The fourth-order valence-corrected chi connectivity index (χ4v) is 1.71. The maximum Gasteiger partial charge on any atom is 0.219 e. The van der Waals surface area contributed by atoms with Crippen LogP contribution < -0.4 is 10.1 Å². The molecule has 3 nitrogen and oxygen atoms in total. The van der Waals surface area contributed by atoms with Crippen LogP contribution in [0, 0.1) is 6.92 Å². The molecule has 1 heterocycles. The van der Waals surface area contributed by atoms with Crippen LogP contribution in [-0.2, 0) is 6.54 Å². The molecule has 0 bridgehead atoms. The van der Waals surface area contributed by atoms with Crippen molar-refractivity contribution in [2.45, 2.75) is 13.5 Å². The van der Waals surface area contributed by atoms with Gasteiger partial charge in [0.25, 0.3) is 0 Å². The molecule has 0 aliphatic heterocycles. The number of hydrogen-bond donors (Lipinski definition) is 1. The Bertz CT molecular complexity index is 526. The minimum atomic E-state index is 0.550. The number of aromatic nitrogens is 1. The predicted octanol–water partition coefficient (Wildman–Crippen LogP) is 3.56. The van der Waals surface area contributed by atoms with Crippen molar-refractivity contribution in [3.8, 4) is 11.6 Å². The van der Waals surface area contributed by atoms with Crippen molar-refractivity contribution in [3.05, 3.63) is 52.7 Å². The molecule has 0 saturated heterocycles. The topological polar surface area (TPSA) is 34.2 Å². The van der Waals surface area contributed by atoms with Crippen LogP contribution in [0.1, 0.15) is 11.3 Å². The summed E-state index contributed by atoms with van der Waals surface area (Å²) in [6, 6.07) is 11.4. The van der Waals surface area contributed by atoms with Crippen LogP contribution in [-0.4, -0.2) is 12.0 Å². The quantitative estimate of drug-likeness (QED) is 0.915. The molecule has 0 unspecified atom stereocenters. The highest BCUT2D eigenvalue weighted by Gasteiger charge is 2.05. The van der Waals surface area contributed by atoms with Crippen molar-refractivity contribution in [3.63, 3.8) is 0 Å². The van der Waals surface area contributed by atoms with Gasteiger partial charge in [0.15, 0.2) is 0 Å². The summed E-state index contributed by atoms with van der Waals surface area (Å²) < 4.78 is 5.68. The third kappa shape index (κ3) is 3.22. The van der Waals surface area contributed by atoms with E-state index in [1.54, 1.807) is 12.1 Å². The van der Waals surface area contributed by atoms with Crippen LogP contribution in [0.4, 0.5) is 0 Å². The Kier molecular flexibility index (Phi) is 4.18. The molecule has 0 aliphatic rings. The molecule has 0 aliphatic carbocycles. The Hall–Kier alpha value is -1.58. The molecule has 18 heavy (non-hydrogen) atoms. The van der Waals surface area contributed by atoms with Gasteiger partial charge in [0, 0.05) is 12.6 Å². The molecule has 1 aromatic carbocycles. The average molecular weight is 263 g/mol. The van der Waals surface area contributed by atoms with Crippen LogP contribution in [0.25, 0.3) is 0 Å². The summed E-state index contributed by atoms with van der Waals surface area (Å²) in [7, 11) is 1.85. The van der Waals surface area contributed by atoms with Gasteiger partial charge < -0.3 is 10.1 Å². The fourth-order valence-electron chi connectivity index (χ4n) is 1.54. The number of halogens is 1. The number of rotatable bonds is 4. The molecule has 1 aromatic heterocycles. The van der Waals surface area contributed by atoms with Gasteiger partial charge in [-0.1, -0.05) is 29.3 Å². The second-order valence-electron chi connectivity index (χ2n) is 4.02. The molecule has 0 saturated carbocycles. The minimum Gasteiger partial charge on any atom is -0.439 e. The molecule has 0 spiro atoms. The summed E-state index contributed by atoms with van der Waals surface area (Å²) in [6.07, 6.45) is 0.